The third-order valence-corrected chi connectivity index (χ3v) is 4.04. The van der Waals surface area contributed by atoms with E-state index >= 15 is 0 Å². The molecule has 25 heavy (non-hydrogen) atoms. The Morgan fingerprint density at radius 1 is 1.44 bits per heavy atom. The van der Waals surface area contributed by atoms with Crippen LogP contribution in [-0.4, -0.2) is 53.8 Å². The zero-order valence-corrected chi connectivity index (χ0v) is 14.7. The number of amides is 2. The second-order valence-corrected chi connectivity index (χ2v) is 6.49. The lowest BCUT2D eigenvalue weighted by Crippen LogP contribution is -2.44. The first-order chi connectivity index (χ1) is 12.0. The summed E-state index contributed by atoms with van der Waals surface area (Å²) in [7, 11) is 2.05. The normalized spacial score (nSPS) is 18.3. The number of aromatic nitrogens is 2. The Kier molecular flexibility index (Phi) is 5.30. The highest BCUT2D eigenvalue weighted by Crippen LogP contribution is 2.24. The fourth-order valence-electron chi connectivity index (χ4n) is 2.74. The number of nitrogens with one attached hydrogen (secondary N) is 3. The average Bonchev–Trinajstić information content (AvgIpc) is 3.04. The van der Waals surface area contributed by atoms with Crippen molar-refractivity contribution in [1.29, 1.82) is 0 Å². The summed E-state index contributed by atoms with van der Waals surface area (Å²) < 4.78 is 5.43. The van der Waals surface area contributed by atoms with Crippen molar-refractivity contribution < 1.29 is 9.32 Å². The van der Waals surface area contributed by atoms with E-state index < -0.39 is 0 Å². The minimum Gasteiger partial charge on any atom is -0.336 e. The Morgan fingerprint density at radius 3 is 3.04 bits per heavy atom. The minimum absolute atomic E-state index is 0.0720. The Labute approximate surface area is 147 Å². The molecule has 1 aliphatic rings. The van der Waals surface area contributed by atoms with Crippen LogP contribution in [0.1, 0.15) is 25.7 Å². The Balaban J connectivity index is 1.74. The number of likely N-dealkylation sites (N-methyl/N-ethyl adjacent to an activating group) is 1. The number of carbonyl (C=O) groups excluding carboxylic acids is 1. The van der Waals surface area contributed by atoms with Crippen LogP contribution in [-0.2, 0) is 0 Å². The van der Waals surface area contributed by atoms with Gasteiger partial charge in [0.25, 0.3) is 5.89 Å². The first-order valence-electron chi connectivity index (χ1n) is 8.45. The van der Waals surface area contributed by atoms with Gasteiger partial charge in [-0.3, -0.25) is 4.90 Å². The number of hydrogen-bond acceptors (Lipinski definition) is 6. The monoisotopic (exact) mass is 344 g/mol. The largest absolute Gasteiger partial charge is 0.336 e. The van der Waals surface area contributed by atoms with Crippen molar-refractivity contribution in [2.75, 3.05) is 32.0 Å². The van der Waals surface area contributed by atoms with E-state index in [0.29, 0.717) is 17.4 Å². The highest BCUT2D eigenvalue weighted by molar-refractivity contribution is 5.90. The summed E-state index contributed by atoms with van der Waals surface area (Å²) in [6.45, 7) is 6.52. The number of hydrogen-bond donors (Lipinski definition) is 3. The van der Waals surface area contributed by atoms with Gasteiger partial charge in [-0.2, -0.15) is 4.98 Å². The van der Waals surface area contributed by atoms with E-state index in [1.54, 1.807) is 0 Å². The third-order valence-electron chi connectivity index (χ3n) is 4.04. The van der Waals surface area contributed by atoms with Crippen LogP contribution in [0.15, 0.2) is 28.8 Å². The van der Waals surface area contributed by atoms with Crippen LogP contribution in [0.25, 0.3) is 11.5 Å². The number of carbonyl (C=O) groups is 1. The maximum atomic E-state index is 11.8. The molecule has 2 aromatic rings. The van der Waals surface area contributed by atoms with Gasteiger partial charge < -0.3 is 20.5 Å². The van der Waals surface area contributed by atoms with Crippen molar-refractivity contribution in [1.82, 2.24) is 25.7 Å². The van der Waals surface area contributed by atoms with Gasteiger partial charge in [0.2, 0.25) is 0 Å². The predicted molar refractivity (Wildman–Crippen MR) is 95.3 cm³/mol. The molecule has 1 aliphatic heterocycles. The van der Waals surface area contributed by atoms with Crippen molar-refractivity contribution in [3.63, 3.8) is 0 Å². The van der Waals surface area contributed by atoms with Gasteiger partial charge in [0, 0.05) is 36.9 Å². The van der Waals surface area contributed by atoms with Crippen LogP contribution in [0.5, 0.6) is 0 Å². The molecule has 1 saturated heterocycles. The van der Waals surface area contributed by atoms with E-state index in [0.717, 1.165) is 25.2 Å². The van der Waals surface area contributed by atoms with Crippen LogP contribution in [0.2, 0.25) is 0 Å². The molecule has 0 spiro atoms. The lowest BCUT2D eigenvalue weighted by Gasteiger charge is -2.30. The molecule has 3 N–H and O–H groups in total. The molecular weight excluding hydrogens is 320 g/mol. The summed E-state index contributed by atoms with van der Waals surface area (Å²) >= 11 is 0. The summed E-state index contributed by atoms with van der Waals surface area (Å²) in [6, 6.07) is 7.30. The van der Waals surface area contributed by atoms with Crippen molar-refractivity contribution in [2.45, 2.75) is 25.9 Å². The van der Waals surface area contributed by atoms with E-state index in [9.17, 15) is 4.79 Å². The summed E-state index contributed by atoms with van der Waals surface area (Å²) in [4.78, 5) is 18.6. The number of piperazine rings is 1. The zero-order valence-electron chi connectivity index (χ0n) is 14.7. The molecule has 8 nitrogen and oxygen atoms in total. The van der Waals surface area contributed by atoms with Gasteiger partial charge in [-0.1, -0.05) is 11.2 Å². The number of urea groups is 1. The zero-order chi connectivity index (χ0) is 17.8. The fraction of sp³-hybridized carbons (Fsp3) is 0.471. The van der Waals surface area contributed by atoms with Gasteiger partial charge in [-0.05, 0) is 39.1 Å². The standard InChI is InChI=1S/C17H24N6O2/c1-11(2)19-17(24)20-13-6-4-5-12(9-13)16-21-15(22-25-16)14-10-18-7-8-23(14)3/h4-6,9,11,14,18H,7-8,10H2,1-3H3,(H2,19,20,24). The van der Waals surface area contributed by atoms with E-state index in [-0.39, 0.29) is 18.1 Å². The van der Waals surface area contributed by atoms with Crippen LogP contribution < -0.4 is 16.0 Å². The molecule has 8 heteroatoms. The molecule has 0 radical (unpaired) electrons. The van der Waals surface area contributed by atoms with Gasteiger partial charge >= 0.3 is 6.03 Å². The lowest BCUT2D eigenvalue weighted by atomic mass is 10.2. The third kappa shape index (κ3) is 4.34. The highest BCUT2D eigenvalue weighted by Gasteiger charge is 2.25. The predicted octanol–water partition coefficient (Wildman–Crippen LogP) is 1.84. The van der Waals surface area contributed by atoms with Gasteiger partial charge in [-0.15, -0.1) is 0 Å². The maximum Gasteiger partial charge on any atom is 0.319 e. The summed E-state index contributed by atoms with van der Waals surface area (Å²) in [5.74, 6) is 1.11. The van der Waals surface area contributed by atoms with E-state index in [1.807, 2.05) is 38.1 Å². The Morgan fingerprint density at radius 2 is 2.28 bits per heavy atom. The van der Waals surface area contributed by atoms with Gasteiger partial charge in [0.15, 0.2) is 5.82 Å². The van der Waals surface area contributed by atoms with Gasteiger partial charge in [0.1, 0.15) is 0 Å². The molecule has 0 saturated carbocycles. The van der Waals surface area contributed by atoms with Crippen LogP contribution in [0.4, 0.5) is 10.5 Å². The van der Waals surface area contributed by atoms with Crippen molar-refractivity contribution in [2.24, 2.45) is 0 Å². The van der Waals surface area contributed by atoms with Crippen LogP contribution in [0.3, 0.4) is 0 Å². The van der Waals surface area contributed by atoms with E-state index in [1.165, 1.54) is 0 Å². The molecule has 134 valence electrons. The van der Waals surface area contributed by atoms with E-state index in [2.05, 4.69) is 38.0 Å². The highest BCUT2D eigenvalue weighted by atomic mass is 16.5. The molecule has 0 bridgehead atoms. The Hall–Kier alpha value is -2.45. The number of benzene rings is 1. The maximum absolute atomic E-state index is 11.8. The summed E-state index contributed by atoms with van der Waals surface area (Å²) in [6.07, 6.45) is 0. The second-order valence-electron chi connectivity index (χ2n) is 6.49. The van der Waals surface area contributed by atoms with E-state index in [4.69, 9.17) is 4.52 Å². The molecule has 1 fully saturated rings. The number of nitrogens with zero attached hydrogens (tertiary/aromatic N) is 3. The van der Waals surface area contributed by atoms with Crippen LogP contribution >= 0.6 is 0 Å². The van der Waals surface area contributed by atoms with Crippen molar-refractivity contribution >= 4 is 11.7 Å². The average molecular weight is 344 g/mol. The van der Waals surface area contributed by atoms with Crippen molar-refractivity contribution in [3.8, 4) is 11.5 Å². The molecule has 1 aromatic carbocycles. The SMILES string of the molecule is CC(C)NC(=O)Nc1cccc(-c2nc(C3CNCCN3C)no2)c1. The smallest absolute Gasteiger partial charge is 0.319 e. The lowest BCUT2D eigenvalue weighted by molar-refractivity contribution is 0.190. The number of anilines is 1. The molecule has 1 aromatic heterocycles. The molecule has 2 amide bonds. The van der Waals surface area contributed by atoms with Gasteiger partial charge in [-0.25, -0.2) is 4.79 Å². The molecular formula is C17H24N6O2. The topological polar surface area (TPSA) is 95.3 Å². The first-order valence-corrected chi connectivity index (χ1v) is 8.45. The summed E-state index contributed by atoms with van der Waals surface area (Å²) in [5.41, 5.74) is 1.44. The summed E-state index contributed by atoms with van der Waals surface area (Å²) in [5, 5.41) is 13.1. The second kappa shape index (κ2) is 7.62. The molecule has 0 aliphatic carbocycles. The number of rotatable bonds is 4. The fourth-order valence-corrected chi connectivity index (χ4v) is 2.74. The van der Waals surface area contributed by atoms with Gasteiger partial charge in [0.05, 0.1) is 6.04 Å². The molecule has 1 unspecified atom stereocenters. The first kappa shape index (κ1) is 17.4. The van der Waals surface area contributed by atoms with Crippen molar-refractivity contribution in [3.05, 3.63) is 30.1 Å². The molecule has 3 rings (SSSR count). The molecule has 2 heterocycles. The Bertz CT molecular complexity index is 729. The quantitative estimate of drug-likeness (QED) is 0.783. The minimum atomic E-state index is -0.242. The van der Waals surface area contributed by atoms with Crippen LogP contribution in [0, 0.1) is 0 Å². The molecule has 1 atom stereocenters.